The van der Waals surface area contributed by atoms with E-state index in [0.29, 0.717) is 0 Å². The molecule has 0 spiro atoms. The van der Waals surface area contributed by atoms with E-state index in [-0.39, 0.29) is 0 Å². The second-order valence-corrected chi connectivity index (χ2v) is 5.78. The molecular weight excluding hydrogens is 216 g/mol. The Kier molecular flexibility index (Phi) is 3.85. The van der Waals surface area contributed by atoms with E-state index in [1.165, 1.54) is 37.8 Å². The first-order valence-electron chi connectivity index (χ1n) is 6.46. The highest BCUT2D eigenvalue weighted by Crippen LogP contribution is 2.33. The fourth-order valence-electron chi connectivity index (χ4n) is 2.45. The average molecular weight is 238 g/mol. The predicted octanol–water partition coefficient (Wildman–Crippen LogP) is 4.25. The number of nitrogens with one attached hydrogen (secondary N) is 1. The van der Waals surface area contributed by atoms with Gasteiger partial charge in [0, 0.05) is 18.2 Å². The van der Waals surface area contributed by atoms with Crippen molar-refractivity contribution in [2.75, 3.05) is 0 Å². The van der Waals surface area contributed by atoms with Crippen molar-refractivity contribution in [1.82, 2.24) is 9.78 Å². The molecule has 3 heteroatoms. The van der Waals surface area contributed by atoms with Gasteiger partial charge < -0.3 is 5.10 Å². The summed E-state index contributed by atoms with van der Waals surface area (Å²) in [6, 6.07) is 2.17. The first-order valence-corrected chi connectivity index (χ1v) is 6.87. The topological polar surface area (TPSA) is 20.7 Å². The molecule has 1 saturated carbocycles. The van der Waals surface area contributed by atoms with Crippen LogP contribution < -0.4 is 0 Å². The van der Waals surface area contributed by atoms with Crippen LogP contribution in [-0.4, -0.2) is 9.78 Å². The summed E-state index contributed by atoms with van der Waals surface area (Å²) in [7, 11) is 0. The van der Waals surface area contributed by atoms with Crippen molar-refractivity contribution in [3.8, 4) is 0 Å². The normalized spacial score (nSPS) is 17.4. The van der Waals surface area contributed by atoms with Crippen molar-refractivity contribution in [2.45, 2.75) is 58.4 Å². The number of hydrogen-bond donors (Lipinski definition) is 1. The van der Waals surface area contributed by atoms with Crippen molar-refractivity contribution >= 4 is 12.2 Å². The Morgan fingerprint density at radius 1 is 1.44 bits per heavy atom. The second kappa shape index (κ2) is 5.17. The van der Waals surface area contributed by atoms with Crippen LogP contribution >= 0.6 is 12.2 Å². The number of aryl methyl sites for hydroxylation is 1. The van der Waals surface area contributed by atoms with Gasteiger partial charge in [-0.3, -0.25) is 4.68 Å². The number of nitrogens with zero attached hydrogens (tertiary/aromatic N) is 1. The van der Waals surface area contributed by atoms with Crippen LogP contribution in [0.5, 0.6) is 0 Å². The summed E-state index contributed by atoms with van der Waals surface area (Å²) in [5.41, 5.74) is 1.37. The number of hydrogen-bond acceptors (Lipinski definition) is 1. The zero-order chi connectivity index (χ0) is 11.5. The van der Waals surface area contributed by atoms with Gasteiger partial charge in [0.1, 0.15) is 4.64 Å². The largest absolute Gasteiger partial charge is 0.301 e. The number of rotatable bonds is 4. The van der Waals surface area contributed by atoms with Crippen LogP contribution in [0.25, 0.3) is 0 Å². The van der Waals surface area contributed by atoms with Crippen molar-refractivity contribution in [1.29, 1.82) is 0 Å². The molecule has 0 unspecified atom stereocenters. The molecule has 0 bridgehead atoms. The van der Waals surface area contributed by atoms with E-state index in [9.17, 15) is 0 Å². The summed E-state index contributed by atoms with van der Waals surface area (Å²) < 4.78 is 3.12. The Labute approximate surface area is 103 Å². The Balaban J connectivity index is 2.06. The highest BCUT2D eigenvalue weighted by molar-refractivity contribution is 7.71. The van der Waals surface area contributed by atoms with Crippen molar-refractivity contribution in [3.63, 3.8) is 0 Å². The van der Waals surface area contributed by atoms with Crippen molar-refractivity contribution in [3.05, 3.63) is 16.4 Å². The average Bonchev–Trinajstić information content (AvgIpc) is 2.83. The second-order valence-electron chi connectivity index (χ2n) is 5.37. The molecule has 0 amide bonds. The van der Waals surface area contributed by atoms with Crippen molar-refractivity contribution in [2.24, 2.45) is 5.92 Å². The van der Waals surface area contributed by atoms with E-state index in [1.54, 1.807) is 0 Å². The van der Waals surface area contributed by atoms with Gasteiger partial charge in [-0.1, -0.05) is 38.9 Å². The summed E-state index contributed by atoms with van der Waals surface area (Å²) in [6.07, 6.45) is 6.61. The molecule has 1 aliphatic carbocycles. The first-order chi connectivity index (χ1) is 7.66. The van der Waals surface area contributed by atoms with Crippen LogP contribution in [-0.2, 0) is 6.54 Å². The monoisotopic (exact) mass is 238 g/mol. The summed E-state index contributed by atoms with van der Waals surface area (Å²) in [5, 5.41) is 3.49. The zero-order valence-electron chi connectivity index (χ0n) is 10.3. The van der Waals surface area contributed by atoms with Gasteiger partial charge in [-0.15, -0.1) is 0 Å². The van der Waals surface area contributed by atoms with Crippen LogP contribution in [0.4, 0.5) is 0 Å². The minimum Gasteiger partial charge on any atom is -0.301 e. The van der Waals surface area contributed by atoms with E-state index < -0.39 is 0 Å². The molecule has 0 radical (unpaired) electrons. The lowest BCUT2D eigenvalue weighted by atomic mass is 10.1. The maximum absolute atomic E-state index is 5.39. The SMILES string of the molecule is CC(C)CCn1[nH]c(C2CCCC2)cc1=S. The highest BCUT2D eigenvalue weighted by Gasteiger charge is 2.18. The molecule has 16 heavy (non-hydrogen) atoms. The van der Waals surface area contributed by atoms with E-state index in [0.717, 1.165) is 23.0 Å². The van der Waals surface area contributed by atoms with Crippen LogP contribution in [0, 0.1) is 10.6 Å². The molecular formula is C13H22N2S. The van der Waals surface area contributed by atoms with E-state index in [1.807, 2.05) is 0 Å². The van der Waals surface area contributed by atoms with Gasteiger partial charge in [0.05, 0.1) is 0 Å². The number of aromatic amines is 1. The molecule has 1 heterocycles. The van der Waals surface area contributed by atoms with Crippen LogP contribution in [0.3, 0.4) is 0 Å². The summed E-state index contributed by atoms with van der Waals surface area (Å²) in [4.78, 5) is 0. The summed E-state index contributed by atoms with van der Waals surface area (Å²) in [5.74, 6) is 1.47. The standard InChI is InChI=1S/C13H22N2S/c1-10(2)7-8-15-13(16)9-12(14-15)11-5-3-4-6-11/h9-11,14H,3-8H2,1-2H3. The van der Waals surface area contributed by atoms with Crippen LogP contribution in [0.15, 0.2) is 6.07 Å². The molecule has 0 aliphatic heterocycles. The molecule has 1 aliphatic rings. The first kappa shape index (κ1) is 11.9. The molecule has 1 aromatic heterocycles. The fraction of sp³-hybridized carbons (Fsp3) is 0.769. The molecule has 0 atom stereocenters. The molecule has 0 saturated heterocycles. The Bertz CT molecular complexity index is 383. The van der Waals surface area contributed by atoms with Crippen LogP contribution in [0.1, 0.15) is 57.6 Å². The van der Waals surface area contributed by atoms with E-state index >= 15 is 0 Å². The smallest absolute Gasteiger partial charge is 0.122 e. The number of H-pyrrole nitrogens is 1. The summed E-state index contributed by atoms with van der Waals surface area (Å²) in [6.45, 7) is 5.54. The third-order valence-electron chi connectivity index (χ3n) is 3.53. The molecule has 0 aromatic carbocycles. The third kappa shape index (κ3) is 2.76. The van der Waals surface area contributed by atoms with Crippen molar-refractivity contribution < 1.29 is 0 Å². The Morgan fingerprint density at radius 3 is 2.75 bits per heavy atom. The lowest BCUT2D eigenvalue weighted by Gasteiger charge is -2.08. The van der Waals surface area contributed by atoms with Crippen LogP contribution in [0.2, 0.25) is 0 Å². The van der Waals surface area contributed by atoms with Gasteiger partial charge in [0.2, 0.25) is 0 Å². The Hall–Kier alpha value is -0.570. The quantitative estimate of drug-likeness (QED) is 0.778. The third-order valence-corrected chi connectivity index (χ3v) is 3.87. The van der Waals surface area contributed by atoms with Gasteiger partial charge in [0.15, 0.2) is 0 Å². The predicted molar refractivity (Wildman–Crippen MR) is 70.3 cm³/mol. The molecule has 1 fully saturated rings. The van der Waals surface area contributed by atoms with Gasteiger partial charge in [0.25, 0.3) is 0 Å². The lowest BCUT2D eigenvalue weighted by Crippen LogP contribution is -2.04. The maximum Gasteiger partial charge on any atom is 0.122 e. The van der Waals surface area contributed by atoms with E-state index in [2.05, 4.69) is 29.7 Å². The summed E-state index contributed by atoms with van der Waals surface area (Å²) >= 11 is 5.39. The van der Waals surface area contributed by atoms with Gasteiger partial charge in [-0.2, -0.15) is 0 Å². The van der Waals surface area contributed by atoms with Gasteiger partial charge >= 0.3 is 0 Å². The maximum atomic E-state index is 5.39. The highest BCUT2D eigenvalue weighted by atomic mass is 32.1. The molecule has 1 N–H and O–H groups in total. The molecule has 90 valence electrons. The minimum absolute atomic E-state index is 0.736. The minimum atomic E-state index is 0.736. The van der Waals surface area contributed by atoms with E-state index in [4.69, 9.17) is 12.2 Å². The fourth-order valence-corrected chi connectivity index (χ4v) is 2.72. The molecule has 1 aromatic rings. The molecule has 2 rings (SSSR count). The van der Waals surface area contributed by atoms with Gasteiger partial charge in [-0.05, 0) is 31.2 Å². The lowest BCUT2D eigenvalue weighted by molar-refractivity contribution is 0.478. The Morgan fingerprint density at radius 2 is 2.12 bits per heavy atom. The number of aromatic nitrogens is 2. The molecule has 2 nitrogen and oxygen atoms in total. The van der Waals surface area contributed by atoms with Gasteiger partial charge in [-0.25, -0.2) is 0 Å². The zero-order valence-corrected chi connectivity index (χ0v) is 11.1.